The number of rotatable bonds is 12. The van der Waals surface area contributed by atoms with E-state index in [2.05, 4.69) is 19.3 Å². The van der Waals surface area contributed by atoms with Crippen LogP contribution in [0.3, 0.4) is 0 Å². The van der Waals surface area contributed by atoms with Crippen LogP contribution in [-0.2, 0) is 38.7 Å². The molecule has 4 aliphatic heterocycles. The standard InChI is InChI=1S/C23H30F6N4O4.C14H19ClN2O2.C9H11BF9N2O2.K/c1-16(34)32-10-6-30(7-11-32)14-17-4-3-5-18(19(17)36-2)15-31-8-12-33(13-9-31)21(35)37-20(22(24,25)26)23(27,28)29;1-11(18)17-8-6-16(7-9-17)10-12-4-3-5-13(15)14(12)19-2;11-8(12,13)6(9(14,15)16)23-7(22)21-3-1-20(2-4-21)5-10(17,18)19;/h3-5,20H,6-15H2,1-2H3;3-5H,6-10H2,1-2H3;6H,1-5H2;/q;;-1;+1. The van der Waals surface area contributed by atoms with E-state index < -0.39 is 75.6 Å². The summed E-state index contributed by atoms with van der Waals surface area (Å²) in [4.78, 5) is 58.6. The number of methoxy groups -OCH3 is 2. The molecule has 2 aromatic carbocycles. The van der Waals surface area contributed by atoms with E-state index >= 15 is 0 Å². The molecule has 4 heterocycles. The van der Waals surface area contributed by atoms with Crippen LogP contribution in [0.2, 0.25) is 5.02 Å². The Labute approximate surface area is 499 Å². The monoisotopic (exact) mass is 1220 g/mol. The Morgan fingerprint density at radius 2 is 0.750 bits per heavy atom. The summed E-state index contributed by atoms with van der Waals surface area (Å²) in [7, 11) is 3.19. The molecule has 4 saturated heterocycles. The molecule has 0 atom stereocenters. The molecule has 0 spiro atoms. The molecule has 80 heavy (non-hydrogen) atoms. The Morgan fingerprint density at radius 1 is 0.475 bits per heavy atom. The molecule has 34 heteroatoms. The quantitative estimate of drug-likeness (QED) is 0.215. The van der Waals surface area contributed by atoms with E-state index in [0.717, 1.165) is 78.1 Å². The van der Waals surface area contributed by atoms with Gasteiger partial charge in [-0.25, -0.2) is 9.59 Å². The molecule has 0 aromatic heterocycles. The first-order chi connectivity index (χ1) is 36.6. The van der Waals surface area contributed by atoms with Crippen LogP contribution >= 0.6 is 11.6 Å². The number of carbonyl (C=O) groups is 4. The van der Waals surface area contributed by atoms with Crippen LogP contribution in [0.5, 0.6) is 11.5 Å². The maximum Gasteiger partial charge on any atom is 1.00 e. The fraction of sp³-hybridized carbons (Fsp3) is 0.652. The molecule has 16 nitrogen and oxygen atoms in total. The molecule has 4 fully saturated rings. The predicted molar refractivity (Wildman–Crippen MR) is 255 cm³/mol. The Morgan fingerprint density at radius 3 is 1.02 bits per heavy atom. The van der Waals surface area contributed by atoms with E-state index in [4.69, 9.17) is 21.1 Å². The number of ether oxygens (including phenoxy) is 4. The molecular weight excluding hydrogens is 1160 g/mol. The van der Waals surface area contributed by atoms with Crippen molar-refractivity contribution in [1.29, 1.82) is 0 Å². The maximum absolute atomic E-state index is 12.7. The maximum atomic E-state index is 12.7. The summed E-state index contributed by atoms with van der Waals surface area (Å²) < 4.78 is 204. The van der Waals surface area contributed by atoms with Crippen molar-refractivity contribution in [2.24, 2.45) is 0 Å². The Balaban J connectivity index is 0.000000336. The van der Waals surface area contributed by atoms with Gasteiger partial charge in [-0.3, -0.25) is 24.3 Å². The zero-order valence-corrected chi connectivity index (χ0v) is 48.1. The van der Waals surface area contributed by atoms with Crippen LogP contribution in [0.1, 0.15) is 30.5 Å². The first kappa shape index (κ1) is 70.6. The fourth-order valence-electron chi connectivity index (χ4n) is 8.70. The minimum Gasteiger partial charge on any atom is -0.496 e. The number of hydrogen-bond donors (Lipinski definition) is 0. The van der Waals surface area contributed by atoms with Gasteiger partial charge in [-0.1, -0.05) is 41.9 Å². The summed E-state index contributed by atoms with van der Waals surface area (Å²) in [5, 5.41) is 0.641. The summed E-state index contributed by atoms with van der Waals surface area (Å²) >= 11 is 6.12. The van der Waals surface area contributed by atoms with Crippen LogP contribution in [-0.4, -0.2) is 232 Å². The summed E-state index contributed by atoms with van der Waals surface area (Å²) in [5.74, 6) is 1.64. The Kier molecular flexibility index (Phi) is 27.1. The molecule has 0 N–H and O–H groups in total. The minimum atomic E-state index is -5.84. The first-order valence-electron chi connectivity index (χ1n) is 24.4. The van der Waals surface area contributed by atoms with Crippen molar-refractivity contribution in [2.75, 3.05) is 125 Å². The van der Waals surface area contributed by atoms with E-state index in [1.807, 2.05) is 46.2 Å². The van der Waals surface area contributed by atoms with E-state index in [-0.39, 0.29) is 102 Å². The SMILES string of the molecule is COc1c(CN2CCN(C(C)=O)CC2)cccc1CN1CCN(C(=O)OC(C(F)(F)F)C(F)(F)F)CC1.COc1c(Cl)cccc1CN1CCN(C(C)=O)CC1.O=C(OC(C(F)(F)F)C(F)(F)F)N1CCN(C[B-](F)(F)F)CC1.[K+]. The molecule has 4 aliphatic rings. The van der Waals surface area contributed by atoms with Crippen molar-refractivity contribution in [1.82, 2.24) is 39.2 Å². The molecule has 4 amide bonds. The minimum absolute atomic E-state index is 0. The van der Waals surface area contributed by atoms with Gasteiger partial charge in [0.2, 0.25) is 11.8 Å². The molecule has 0 unspecified atom stereocenters. The van der Waals surface area contributed by atoms with Crippen LogP contribution in [0, 0.1) is 0 Å². The first-order valence-corrected chi connectivity index (χ1v) is 24.7. The number of para-hydroxylation sites is 2. The van der Waals surface area contributed by atoms with Gasteiger partial charge < -0.3 is 56.4 Å². The van der Waals surface area contributed by atoms with Crippen molar-refractivity contribution < 1.29 is 155 Å². The molecule has 0 bridgehead atoms. The van der Waals surface area contributed by atoms with E-state index in [9.17, 15) is 84.8 Å². The van der Waals surface area contributed by atoms with Crippen molar-refractivity contribution in [3.05, 3.63) is 58.1 Å². The Bertz CT molecular complexity index is 2290. The van der Waals surface area contributed by atoms with Gasteiger partial charge >= 0.3 is 95.3 Å². The van der Waals surface area contributed by atoms with Gasteiger partial charge in [-0.2, -0.15) is 52.7 Å². The van der Waals surface area contributed by atoms with Gasteiger partial charge in [0.15, 0.2) is 0 Å². The summed E-state index contributed by atoms with van der Waals surface area (Å²) in [6.45, 7) is 4.72. The van der Waals surface area contributed by atoms with Gasteiger partial charge in [-0.15, -0.1) is 0 Å². The average Bonchev–Trinajstić information content (AvgIpc) is 3.35. The third-order valence-corrected chi connectivity index (χ3v) is 13.1. The zero-order chi connectivity index (χ0) is 59.3. The molecule has 0 saturated carbocycles. The van der Waals surface area contributed by atoms with Crippen molar-refractivity contribution in [2.45, 2.75) is 70.4 Å². The van der Waals surface area contributed by atoms with Crippen molar-refractivity contribution >= 4 is 42.6 Å². The number of carbonyl (C=O) groups excluding carboxylic acids is 4. The van der Waals surface area contributed by atoms with Crippen molar-refractivity contribution in [3.63, 3.8) is 0 Å². The molecule has 448 valence electrons. The molecular formula is C46H60BClF15KN8O8. The number of alkyl halides is 12. The second kappa shape index (κ2) is 30.7. The topological polar surface area (TPSA) is 131 Å². The molecule has 6 rings (SSSR count). The smallest absolute Gasteiger partial charge is 0.496 e. The summed E-state index contributed by atoms with van der Waals surface area (Å²) in [6.07, 6.45) is -36.4. The predicted octanol–water partition coefficient (Wildman–Crippen LogP) is 4.74. The number of amides is 4. The second-order valence-electron chi connectivity index (χ2n) is 18.6. The third kappa shape index (κ3) is 22.5. The molecule has 0 aliphatic carbocycles. The number of nitrogens with zero attached hydrogens (tertiary/aromatic N) is 8. The van der Waals surface area contributed by atoms with Crippen LogP contribution in [0.15, 0.2) is 36.4 Å². The number of halogens is 16. The summed E-state index contributed by atoms with van der Waals surface area (Å²) in [6, 6.07) is 11.5. The van der Waals surface area contributed by atoms with Gasteiger partial charge in [0.05, 0.1) is 19.2 Å². The van der Waals surface area contributed by atoms with Gasteiger partial charge in [0.25, 0.3) is 12.2 Å². The molecule has 2 aromatic rings. The van der Waals surface area contributed by atoms with Crippen molar-refractivity contribution in [3.8, 4) is 11.5 Å². The normalized spacial score (nSPS) is 17.7. The van der Waals surface area contributed by atoms with Gasteiger partial charge in [0, 0.05) is 155 Å². The summed E-state index contributed by atoms with van der Waals surface area (Å²) in [5.41, 5.74) is 2.92. The molecule has 0 radical (unpaired) electrons. The Hall–Kier alpha value is -3.70. The van der Waals surface area contributed by atoms with Crippen LogP contribution in [0.25, 0.3) is 0 Å². The average molecular weight is 1220 g/mol. The third-order valence-electron chi connectivity index (χ3n) is 12.8. The van der Waals surface area contributed by atoms with Crippen LogP contribution < -0.4 is 60.9 Å². The fourth-order valence-corrected chi connectivity index (χ4v) is 8.98. The number of benzene rings is 2. The van der Waals surface area contributed by atoms with Gasteiger partial charge in [-0.05, 0) is 12.5 Å². The van der Waals surface area contributed by atoms with Crippen LogP contribution in [0.4, 0.5) is 75.2 Å². The second-order valence-corrected chi connectivity index (χ2v) is 19.0. The largest absolute Gasteiger partial charge is 1.00 e. The van der Waals surface area contributed by atoms with E-state index in [1.165, 1.54) is 0 Å². The zero-order valence-electron chi connectivity index (χ0n) is 44.2. The van der Waals surface area contributed by atoms with E-state index in [0.29, 0.717) is 41.9 Å². The van der Waals surface area contributed by atoms with E-state index in [1.54, 1.807) is 33.0 Å². The number of hydrogen-bond acceptors (Lipinski definition) is 12. The number of piperazine rings is 4. The van der Waals surface area contributed by atoms with Gasteiger partial charge in [0.1, 0.15) is 11.5 Å².